The van der Waals surface area contributed by atoms with Crippen LogP contribution in [0.25, 0.3) is 0 Å². The van der Waals surface area contributed by atoms with Crippen LogP contribution in [0.5, 0.6) is 5.75 Å². The van der Waals surface area contributed by atoms with Gasteiger partial charge in [-0.05, 0) is 49.9 Å². The van der Waals surface area contributed by atoms with Gasteiger partial charge in [0.05, 0.1) is 6.61 Å². The molecule has 1 saturated carbocycles. The molecule has 2 heterocycles. The van der Waals surface area contributed by atoms with E-state index in [2.05, 4.69) is 0 Å². The third kappa shape index (κ3) is 4.01. The Kier molecular flexibility index (Phi) is 5.11. The Morgan fingerprint density at radius 2 is 2.04 bits per heavy atom. The molecule has 26 heavy (non-hydrogen) atoms. The molecule has 1 aliphatic carbocycles. The molecule has 2 amide bonds. The molecule has 4 rings (SSSR count). The zero-order chi connectivity index (χ0) is 17.9. The molecule has 2 aliphatic heterocycles. The molecular formula is C20H26N2O4. The van der Waals surface area contributed by atoms with Gasteiger partial charge in [0.25, 0.3) is 5.91 Å². The summed E-state index contributed by atoms with van der Waals surface area (Å²) in [5.74, 6) is 1.34. The second kappa shape index (κ2) is 7.66. The average molecular weight is 358 g/mol. The van der Waals surface area contributed by atoms with Crippen molar-refractivity contribution in [2.24, 2.45) is 5.92 Å². The van der Waals surface area contributed by atoms with Crippen molar-refractivity contribution in [2.75, 3.05) is 37.8 Å². The van der Waals surface area contributed by atoms with Crippen molar-refractivity contribution in [3.63, 3.8) is 0 Å². The molecule has 1 aromatic rings. The Morgan fingerprint density at radius 3 is 2.65 bits per heavy atom. The van der Waals surface area contributed by atoms with Gasteiger partial charge in [-0.1, -0.05) is 0 Å². The van der Waals surface area contributed by atoms with Crippen molar-refractivity contribution in [1.82, 2.24) is 4.90 Å². The highest BCUT2D eigenvalue weighted by molar-refractivity contribution is 5.95. The standard InChI is InChI=1S/C20H26N2O4/c23-19-2-1-10-21(19)16-5-7-18(8-6-16)26-14-20(24)22(17-3-4-17)12-15-9-11-25-13-15/h5-8,15,17H,1-4,9-14H2. The summed E-state index contributed by atoms with van der Waals surface area (Å²) in [7, 11) is 0. The van der Waals surface area contributed by atoms with Crippen LogP contribution in [0.4, 0.5) is 5.69 Å². The van der Waals surface area contributed by atoms with E-state index in [4.69, 9.17) is 9.47 Å². The van der Waals surface area contributed by atoms with Crippen molar-refractivity contribution in [3.8, 4) is 5.75 Å². The number of carbonyl (C=O) groups excluding carboxylic acids is 2. The molecule has 3 aliphatic rings. The van der Waals surface area contributed by atoms with E-state index in [0.717, 1.165) is 57.7 Å². The fourth-order valence-corrected chi connectivity index (χ4v) is 3.72. The van der Waals surface area contributed by atoms with Gasteiger partial charge in [0.15, 0.2) is 6.61 Å². The number of ether oxygens (including phenoxy) is 2. The van der Waals surface area contributed by atoms with Crippen molar-refractivity contribution >= 4 is 17.5 Å². The van der Waals surface area contributed by atoms with Crippen LogP contribution in [0, 0.1) is 5.92 Å². The maximum absolute atomic E-state index is 12.6. The second-order valence-corrected chi connectivity index (χ2v) is 7.44. The van der Waals surface area contributed by atoms with Gasteiger partial charge in [-0.15, -0.1) is 0 Å². The van der Waals surface area contributed by atoms with E-state index >= 15 is 0 Å². The zero-order valence-corrected chi connectivity index (χ0v) is 15.1. The lowest BCUT2D eigenvalue weighted by Crippen LogP contribution is -2.40. The first kappa shape index (κ1) is 17.3. The van der Waals surface area contributed by atoms with E-state index in [0.29, 0.717) is 24.1 Å². The molecule has 2 saturated heterocycles. The molecule has 6 heteroatoms. The van der Waals surface area contributed by atoms with Crippen LogP contribution in [0.1, 0.15) is 32.1 Å². The molecule has 1 aromatic carbocycles. The summed E-state index contributed by atoms with van der Waals surface area (Å²) in [5, 5.41) is 0. The van der Waals surface area contributed by atoms with Crippen molar-refractivity contribution in [1.29, 1.82) is 0 Å². The zero-order valence-electron chi connectivity index (χ0n) is 15.1. The monoisotopic (exact) mass is 358 g/mol. The summed E-state index contributed by atoms with van der Waals surface area (Å²) < 4.78 is 11.1. The summed E-state index contributed by atoms with van der Waals surface area (Å²) in [4.78, 5) is 28.2. The SMILES string of the molecule is O=C1CCCN1c1ccc(OCC(=O)N(CC2CCOC2)C2CC2)cc1. The minimum Gasteiger partial charge on any atom is -0.484 e. The quantitative estimate of drug-likeness (QED) is 0.750. The summed E-state index contributed by atoms with van der Waals surface area (Å²) in [6.45, 7) is 3.18. The predicted octanol–water partition coefficient (Wildman–Crippen LogP) is 2.22. The molecule has 0 radical (unpaired) electrons. The van der Waals surface area contributed by atoms with E-state index in [1.165, 1.54) is 0 Å². The molecule has 0 aromatic heterocycles. The minimum absolute atomic E-state index is 0.0539. The van der Waals surface area contributed by atoms with Crippen LogP contribution in [-0.2, 0) is 14.3 Å². The predicted molar refractivity (Wildman–Crippen MR) is 97.2 cm³/mol. The van der Waals surface area contributed by atoms with Crippen molar-refractivity contribution in [3.05, 3.63) is 24.3 Å². The number of benzene rings is 1. The second-order valence-electron chi connectivity index (χ2n) is 7.44. The summed E-state index contributed by atoms with van der Waals surface area (Å²) in [5.41, 5.74) is 0.895. The lowest BCUT2D eigenvalue weighted by atomic mass is 10.1. The summed E-state index contributed by atoms with van der Waals surface area (Å²) >= 11 is 0. The normalized spacial score (nSPS) is 22.7. The molecule has 6 nitrogen and oxygen atoms in total. The van der Waals surface area contributed by atoms with Crippen LogP contribution < -0.4 is 9.64 Å². The van der Waals surface area contributed by atoms with Gasteiger partial charge in [0.2, 0.25) is 5.91 Å². The van der Waals surface area contributed by atoms with Gasteiger partial charge in [0, 0.05) is 43.8 Å². The van der Waals surface area contributed by atoms with E-state index in [-0.39, 0.29) is 18.4 Å². The Morgan fingerprint density at radius 1 is 1.23 bits per heavy atom. The highest BCUT2D eigenvalue weighted by Crippen LogP contribution is 2.29. The first-order chi connectivity index (χ1) is 12.7. The van der Waals surface area contributed by atoms with Crippen LogP contribution in [0.2, 0.25) is 0 Å². The van der Waals surface area contributed by atoms with E-state index < -0.39 is 0 Å². The van der Waals surface area contributed by atoms with E-state index in [1.807, 2.05) is 29.2 Å². The molecule has 0 spiro atoms. The minimum atomic E-state index is 0.0539. The summed E-state index contributed by atoms with van der Waals surface area (Å²) in [6, 6.07) is 7.83. The number of hydrogen-bond donors (Lipinski definition) is 0. The first-order valence-electron chi connectivity index (χ1n) is 9.61. The molecular weight excluding hydrogens is 332 g/mol. The van der Waals surface area contributed by atoms with Gasteiger partial charge in [0.1, 0.15) is 5.75 Å². The van der Waals surface area contributed by atoms with Gasteiger partial charge >= 0.3 is 0 Å². The first-order valence-corrected chi connectivity index (χ1v) is 9.61. The lowest BCUT2D eigenvalue weighted by molar-refractivity contribution is -0.134. The van der Waals surface area contributed by atoms with Crippen molar-refractivity contribution in [2.45, 2.75) is 38.1 Å². The Bertz CT molecular complexity index is 650. The van der Waals surface area contributed by atoms with E-state index in [1.54, 1.807) is 4.90 Å². The van der Waals surface area contributed by atoms with Gasteiger partial charge in [-0.3, -0.25) is 9.59 Å². The topological polar surface area (TPSA) is 59.1 Å². The third-order valence-electron chi connectivity index (χ3n) is 5.37. The summed E-state index contributed by atoms with van der Waals surface area (Å²) in [6.07, 6.45) is 4.76. The molecule has 1 atom stereocenters. The maximum Gasteiger partial charge on any atom is 0.260 e. The number of carbonyl (C=O) groups is 2. The van der Waals surface area contributed by atoms with Crippen LogP contribution in [0.3, 0.4) is 0 Å². The number of hydrogen-bond acceptors (Lipinski definition) is 4. The van der Waals surface area contributed by atoms with Crippen LogP contribution in [-0.4, -0.2) is 55.7 Å². The van der Waals surface area contributed by atoms with Gasteiger partial charge in [-0.25, -0.2) is 0 Å². The van der Waals surface area contributed by atoms with Gasteiger partial charge < -0.3 is 19.3 Å². The smallest absolute Gasteiger partial charge is 0.260 e. The Balaban J connectivity index is 1.30. The number of anilines is 1. The van der Waals surface area contributed by atoms with Crippen LogP contribution in [0.15, 0.2) is 24.3 Å². The molecule has 0 N–H and O–H groups in total. The van der Waals surface area contributed by atoms with Gasteiger partial charge in [-0.2, -0.15) is 0 Å². The maximum atomic E-state index is 12.6. The highest BCUT2D eigenvalue weighted by Gasteiger charge is 2.34. The largest absolute Gasteiger partial charge is 0.484 e. The number of nitrogens with zero attached hydrogens (tertiary/aromatic N) is 2. The Labute approximate surface area is 154 Å². The highest BCUT2D eigenvalue weighted by atomic mass is 16.5. The van der Waals surface area contributed by atoms with Crippen LogP contribution >= 0.6 is 0 Å². The number of rotatable bonds is 7. The molecule has 0 bridgehead atoms. The van der Waals surface area contributed by atoms with Crippen molar-refractivity contribution < 1.29 is 19.1 Å². The molecule has 3 fully saturated rings. The third-order valence-corrected chi connectivity index (χ3v) is 5.37. The molecule has 140 valence electrons. The number of amides is 2. The average Bonchev–Trinajstić information content (AvgIpc) is 3.19. The fraction of sp³-hybridized carbons (Fsp3) is 0.600. The fourth-order valence-electron chi connectivity index (χ4n) is 3.72. The molecule has 1 unspecified atom stereocenters. The lowest BCUT2D eigenvalue weighted by Gasteiger charge is -2.25. The van der Waals surface area contributed by atoms with E-state index in [9.17, 15) is 9.59 Å². The Hall–Kier alpha value is -2.08.